The fourth-order valence-electron chi connectivity index (χ4n) is 2.69. The zero-order valence-corrected chi connectivity index (χ0v) is 13.2. The average molecular weight is 277 g/mol. The Hall–Kier alpha value is -1.31. The van der Waals surface area contributed by atoms with Crippen LogP contribution in [0.5, 0.6) is 0 Å². The van der Waals surface area contributed by atoms with Crippen molar-refractivity contribution in [3.63, 3.8) is 0 Å². The molecule has 0 aliphatic heterocycles. The lowest BCUT2D eigenvalue weighted by molar-refractivity contribution is 0.163. The van der Waals surface area contributed by atoms with Crippen LogP contribution in [0.3, 0.4) is 0 Å². The topological polar surface area (TPSA) is 61.0 Å². The molecular weight excluding hydrogens is 250 g/mol. The largest absolute Gasteiger partial charge is 0.396 e. The molecule has 0 spiro atoms. The highest BCUT2D eigenvalue weighted by Crippen LogP contribution is 2.29. The zero-order chi connectivity index (χ0) is 15.2. The van der Waals surface area contributed by atoms with E-state index in [2.05, 4.69) is 25.2 Å². The minimum Gasteiger partial charge on any atom is -0.396 e. The van der Waals surface area contributed by atoms with E-state index in [1.54, 1.807) is 0 Å². The van der Waals surface area contributed by atoms with Crippen molar-refractivity contribution >= 4 is 0 Å². The molecule has 0 radical (unpaired) electrons. The quantitative estimate of drug-likeness (QED) is 0.767. The molecule has 0 amide bonds. The number of nitrogens with one attached hydrogen (secondary N) is 1. The summed E-state index contributed by atoms with van der Waals surface area (Å²) in [5.74, 6) is 0. The molecule has 0 unspecified atom stereocenters. The number of aromatic nitrogens is 1. The van der Waals surface area contributed by atoms with E-state index in [-0.39, 0.29) is 12.0 Å². The lowest BCUT2D eigenvalue weighted by Gasteiger charge is -2.31. The molecule has 0 aliphatic carbocycles. The lowest BCUT2D eigenvalue weighted by Crippen LogP contribution is -2.34. The molecule has 0 fully saturated rings. The van der Waals surface area contributed by atoms with E-state index in [0.717, 1.165) is 38.0 Å². The first-order valence-electron chi connectivity index (χ1n) is 7.40. The minimum absolute atomic E-state index is 0.176. The van der Waals surface area contributed by atoms with Crippen molar-refractivity contribution in [1.29, 1.82) is 5.26 Å². The number of aliphatic hydroxyl groups excluding tert-OH is 1. The molecule has 20 heavy (non-hydrogen) atoms. The maximum Gasteiger partial charge on any atom is 0.120 e. The van der Waals surface area contributed by atoms with Crippen LogP contribution in [0.4, 0.5) is 0 Å². The number of rotatable bonds is 8. The zero-order valence-electron chi connectivity index (χ0n) is 13.2. The lowest BCUT2D eigenvalue weighted by atomic mass is 9.79. The molecule has 4 heteroatoms. The predicted octanol–water partition coefficient (Wildman–Crippen LogP) is 2.48. The molecule has 0 bridgehead atoms. The summed E-state index contributed by atoms with van der Waals surface area (Å²) >= 11 is 0. The predicted molar refractivity (Wildman–Crippen MR) is 81.3 cm³/mol. The molecule has 1 rings (SSSR count). The van der Waals surface area contributed by atoms with Gasteiger partial charge in [0.1, 0.15) is 11.8 Å². The summed E-state index contributed by atoms with van der Waals surface area (Å²) in [5.41, 5.74) is 3.19. The minimum atomic E-state index is 0.176. The Balaban J connectivity index is 2.66. The highest BCUT2D eigenvalue weighted by atomic mass is 16.3. The number of hydrogen-bond donors (Lipinski definition) is 2. The Morgan fingerprint density at radius 3 is 2.50 bits per heavy atom. The fraction of sp³-hybridized carbons (Fsp3) is 0.688. The maximum atomic E-state index is 9.23. The standard InChI is InChI=1S/C16H27N3O/c1-5-16(6-2,7-8-20)12-18-11-14-9-15(10-17)19(4)13(14)3/h9,18,20H,5-8,11-12H2,1-4H3. The van der Waals surface area contributed by atoms with Gasteiger partial charge in [0.15, 0.2) is 0 Å². The molecule has 0 aliphatic rings. The summed E-state index contributed by atoms with van der Waals surface area (Å²) in [5, 5.41) is 21.8. The molecule has 112 valence electrons. The number of nitriles is 1. The Bertz CT molecular complexity index is 467. The molecule has 0 atom stereocenters. The Morgan fingerprint density at radius 2 is 2.05 bits per heavy atom. The van der Waals surface area contributed by atoms with Crippen LogP contribution in [0.25, 0.3) is 0 Å². The maximum absolute atomic E-state index is 9.23. The van der Waals surface area contributed by atoms with Gasteiger partial charge < -0.3 is 15.0 Å². The summed E-state index contributed by atoms with van der Waals surface area (Å²) in [6, 6.07) is 4.16. The SMILES string of the molecule is CCC(CC)(CCO)CNCc1cc(C#N)n(C)c1C. The van der Waals surface area contributed by atoms with Gasteiger partial charge in [-0.1, -0.05) is 13.8 Å². The van der Waals surface area contributed by atoms with E-state index in [4.69, 9.17) is 5.26 Å². The first kappa shape index (κ1) is 16.7. The highest BCUT2D eigenvalue weighted by Gasteiger charge is 2.25. The average Bonchev–Trinajstić information content (AvgIpc) is 2.74. The van der Waals surface area contributed by atoms with Crippen LogP contribution >= 0.6 is 0 Å². The van der Waals surface area contributed by atoms with Gasteiger partial charge >= 0.3 is 0 Å². The summed E-state index contributed by atoms with van der Waals surface area (Å²) in [7, 11) is 1.92. The van der Waals surface area contributed by atoms with Gasteiger partial charge in [-0.25, -0.2) is 0 Å². The number of aliphatic hydroxyl groups is 1. The van der Waals surface area contributed by atoms with Gasteiger partial charge in [-0.2, -0.15) is 5.26 Å². The van der Waals surface area contributed by atoms with Gasteiger partial charge in [0, 0.05) is 32.4 Å². The molecule has 1 aromatic rings. The summed E-state index contributed by atoms with van der Waals surface area (Å²) in [6.45, 7) is 8.32. The second-order valence-electron chi connectivity index (χ2n) is 5.60. The van der Waals surface area contributed by atoms with Gasteiger partial charge in [-0.05, 0) is 43.2 Å². The Labute approximate surface area is 122 Å². The fourth-order valence-corrected chi connectivity index (χ4v) is 2.69. The van der Waals surface area contributed by atoms with Crippen LogP contribution in [0.2, 0.25) is 0 Å². The van der Waals surface area contributed by atoms with Gasteiger partial charge in [0.2, 0.25) is 0 Å². The summed E-state index contributed by atoms with van der Waals surface area (Å²) in [6.07, 6.45) is 2.97. The van der Waals surface area contributed by atoms with Crippen LogP contribution < -0.4 is 5.32 Å². The highest BCUT2D eigenvalue weighted by molar-refractivity contribution is 5.34. The summed E-state index contributed by atoms with van der Waals surface area (Å²) < 4.78 is 1.93. The third-order valence-electron chi connectivity index (χ3n) is 4.71. The van der Waals surface area contributed by atoms with Gasteiger partial charge in [0.25, 0.3) is 0 Å². The third kappa shape index (κ3) is 3.62. The Morgan fingerprint density at radius 1 is 1.40 bits per heavy atom. The first-order chi connectivity index (χ1) is 9.53. The number of hydrogen-bond acceptors (Lipinski definition) is 3. The molecule has 0 aromatic carbocycles. The van der Waals surface area contributed by atoms with E-state index in [0.29, 0.717) is 5.69 Å². The molecule has 0 saturated heterocycles. The van der Waals surface area contributed by atoms with Crippen molar-refractivity contribution in [1.82, 2.24) is 9.88 Å². The van der Waals surface area contributed by atoms with Gasteiger partial charge in [-0.3, -0.25) is 0 Å². The van der Waals surface area contributed by atoms with Crippen LogP contribution in [0, 0.1) is 23.7 Å². The molecule has 1 aromatic heterocycles. The summed E-state index contributed by atoms with van der Waals surface area (Å²) in [4.78, 5) is 0. The van der Waals surface area contributed by atoms with E-state index < -0.39 is 0 Å². The number of nitrogens with zero attached hydrogens (tertiary/aromatic N) is 2. The van der Waals surface area contributed by atoms with E-state index in [9.17, 15) is 5.11 Å². The normalized spacial score (nSPS) is 11.6. The van der Waals surface area contributed by atoms with Crippen molar-refractivity contribution in [3.05, 3.63) is 23.0 Å². The second kappa shape index (κ2) is 7.47. The molecule has 0 saturated carbocycles. The van der Waals surface area contributed by atoms with E-state index in [1.165, 1.54) is 5.56 Å². The van der Waals surface area contributed by atoms with Crippen molar-refractivity contribution in [2.45, 2.75) is 46.6 Å². The third-order valence-corrected chi connectivity index (χ3v) is 4.71. The molecule has 4 nitrogen and oxygen atoms in total. The van der Waals surface area contributed by atoms with Crippen LogP contribution in [-0.4, -0.2) is 22.8 Å². The van der Waals surface area contributed by atoms with Crippen molar-refractivity contribution in [2.75, 3.05) is 13.2 Å². The van der Waals surface area contributed by atoms with Crippen LogP contribution in [-0.2, 0) is 13.6 Å². The second-order valence-corrected chi connectivity index (χ2v) is 5.60. The van der Waals surface area contributed by atoms with Crippen molar-refractivity contribution < 1.29 is 5.11 Å². The van der Waals surface area contributed by atoms with Crippen molar-refractivity contribution in [3.8, 4) is 6.07 Å². The van der Waals surface area contributed by atoms with Gasteiger partial charge in [0.05, 0.1) is 0 Å². The smallest absolute Gasteiger partial charge is 0.120 e. The Kier molecular flexibility index (Phi) is 6.25. The monoisotopic (exact) mass is 277 g/mol. The van der Waals surface area contributed by atoms with Crippen molar-refractivity contribution in [2.24, 2.45) is 12.5 Å². The molecular formula is C16H27N3O. The molecule has 2 N–H and O–H groups in total. The van der Waals surface area contributed by atoms with Gasteiger partial charge in [-0.15, -0.1) is 0 Å². The van der Waals surface area contributed by atoms with E-state index >= 15 is 0 Å². The van der Waals surface area contributed by atoms with Crippen LogP contribution in [0.1, 0.15) is 50.1 Å². The first-order valence-corrected chi connectivity index (χ1v) is 7.40. The van der Waals surface area contributed by atoms with Crippen LogP contribution in [0.15, 0.2) is 6.07 Å². The van der Waals surface area contributed by atoms with E-state index in [1.807, 2.05) is 24.6 Å². The molecule has 1 heterocycles.